The molecular weight excluding hydrogens is 341 g/mol. The number of carbonyl (C=O) groups excluding carboxylic acids is 1. The van der Waals surface area contributed by atoms with Crippen LogP contribution in [0.4, 0.5) is 24.5 Å². The molecule has 0 bridgehead atoms. The molecule has 1 heterocycles. The molecule has 0 spiro atoms. The Labute approximate surface area is 150 Å². The maximum Gasteiger partial charge on any atom is 0.415 e. The normalized spacial score (nSPS) is 16.5. The number of hydrogen-bond donors (Lipinski definition) is 0. The lowest BCUT2D eigenvalue weighted by molar-refractivity contribution is -0.136. The molecule has 2 aromatic carbocycles. The number of alkyl halides is 3. The standard InChI is InChI=1S/C20H20F3N2O/c1-25-11-9-14(10-12-25)19(26)15-5-4-6-16(13-15)24-18-8-3-2-7-17(18)20(21,22)23/h2-8,13-14H,9-12H2,1H3/q-1. The molecule has 2 aromatic rings. The number of benzene rings is 2. The molecule has 1 saturated heterocycles. The van der Waals surface area contributed by atoms with Crippen LogP contribution >= 0.6 is 0 Å². The largest absolute Gasteiger partial charge is 0.657 e. The lowest BCUT2D eigenvalue weighted by Gasteiger charge is -2.29. The lowest BCUT2D eigenvalue weighted by atomic mass is 9.89. The van der Waals surface area contributed by atoms with Gasteiger partial charge in [-0.2, -0.15) is 13.2 Å². The van der Waals surface area contributed by atoms with E-state index in [0.29, 0.717) is 11.3 Å². The molecule has 3 rings (SSSR count). The summed E-state index contributed by atoms with van der Waals surface area (Å²) >= 11 is 0. The molecule has 0 radical (unpaired) electrons. The number of halogens is 3. The van der Waals surface area contributed by atoms with Gasteiger partial charge in [-0.1, -0.05) is 48.5 Å². The molecule has 3 nitrogen and oxygen atoms in total. The van der Waals surface area contributed by atoms with Gasteiger partial charge in [0.05, 0.1) is 0 Å². The summed E-state index contributed by atoms with van der Waals surface area (Å²) in [5.74, 6) is 0.00293. The van der Waals surface area contributed by atoms with Crippen LogP contribution in [0.25, 0.3) is 5.32 Å². The fourth-order valence-electron chi connectivity index (χ4n) is 3.19. The van der Waals surface area contributed by atoms with Crippen molar-refractivity contribution < 1.29 is 18.0 Å². The summed E-state index contributed by atoms with van der Waals surface area (Å²) in [5.41, 5.74) is -0.0818. The summed E-state index contributed by atoms with van der Waals surface area (Å²) in [6, 6.07) is 11.7. The van der Waals surface area contributed by atoms with Crippen LogP contribution in [-0.4, -0.2) is 30.8 Å². The minimum absolute atomic E-state index is 0.0380. The van der Waals surface area contributed by atoms with Gasteiger partial charge in [-0.25, -0.2) is 0 Å². The second kappa shape index (κ2) is 7.50. The van der Waals surface area contributed by atoms with Gasteiger partial charge in [-0.3, -0.25) is 4.79 Å². The monoisotopic (exact) mass is 361 g/mol. The zero-order valence-electron chi connectivity index (χ0n) is 14.5. The van der Waals surface area contributed by atoms with Crippen molar-refractivity contribution >= 4 is 17.2 Å². The molecule has 6 heteroatoms. The first-order valence-corrected chi connectivity index (χ1v) is 8.55. The van der Waals surface area contributed by atoms with Crippen molar-refractivity contribution in [2.45, 2.75) is 19.0 Å². The van der Waals surface area contributed by atoms with E-state index in [1.807, 2.05) is 7.05 Å². The van der Waals surface area contributed by atoms with Crippen LogP contribution in [0.3, 0.4) is 0 Å². The highest BCUT2D eigenvalue weighted by Gasteiger charge is 2.30. The Morgan fingerprint density at radius 2 is 1.77 bits per heavy atom. The van der Waals surface area contributed by atoms with Gasteiger partial charge in [0.25, 0.3) is 0 Å². The number of rotatable bonds is 4. The average molecular weight is 361 g/mol. The maximum absolute atomic E-state index is 13.1. The molecule has 26 heavy (non-hydrogen) atoms. The topological polar surface area (TPSA) is 34.4 Å². The van der Waals surface area contributed by atoms with Gasteiger partial charge in [-0.05, 0) is 33.0 Å². The second-order valence-corrected chi connectivity index (χ2v) is 6.62. The maximum atomic E-state index is 13.1. The number of ketones is 1. The van der Waals surface area contributed by atoms with E-state index in [2.05, 4.69) is 10.2 Å². The fraction of sp³-hybridized carbons (Fsp3) is 0.350. The molecule has 0 atom stereocenters. The van der Waals surface area contributed by atoms with E-state index >= 15 is 0 Å². The second-order valence-electron chi connectivity index (χ2n) is 6.62. The predicted molar refractivity (Wildman–Crippen MR) is 95.1 cm³/mol. The Balaban J connectivity index is 1.79. The Kier molecular flexibility index (Phi) is 5.32. The molecule has 1 aliphatic rings. The van der Waals surface area contributed by atoms with Crippen molar-refractivity contribution in [2.24, 2.45) is 5.92 Å². The number of nitrogens with zero attached hydrogens (tertiary/aromatic N) is 2. The van der Waals surface area contributed by atoms with Crippen LogP contribution in [0.2, 0.25) is 0 Å². The minimum Gasteiger partial charge on any atom is -0.657 e. The first-order valence-electron chi connectivity index (χ1n) is 8.55. The van der Waals surface area contributed by atoms with Crippen LogP contribution in [0.1, 0.15) is 28.8 Å². The number of carbonyl (C=O) groups is 1. The van der Waals surface area contributed by atoms with Crippen LogP contribution in [-0.2, 0) is 6.18 Å². The third-order valence-electron chi connectivity index (χ3n) is 4.68. The Bertz CT molecular complexity index is 781. The number of para-hydroxylation sites is 1. The van der Waals surface area contributed by atoms with Gasteiger partial charge in [0, 0.05) is 17.0 Å². The quantitative estimate of drug-likeness (QED) is 0.668. The van der Waals surface area contributed by atoms with Gasteiger partial charge < -0.3 is 10.2 Å². The predicted octanol–water partition coefficient (Wildman–Crippen LogP) is 5.57. The highest BCUT2D eigenvalue weighted by Crippen LogP contribution is 2.41. The van der Waals surface area contributed by atoms with E-state index in [1.54, 1.807) is 24.3 Å². The van der Waals surface area contributed by atoms with E-state index in [-0.39, 0.29) is 17.4 Å². The van der Waals surface area contributed by atoms with Gasteiger partial charge in [0.15, 0.2) is 5.78 Å². The van der Waals surface area contributed by atoms with Gasteiger partial charge in [-0.15, -0.1) is 11.4 Å². The molecule has 0 amide bonds. The van der Waals surface area contributed by atoms with Crippen LogP contribution < -0.4 is 0 Å². The summed E-state index contributed by atoms with van der Waals surface area (Å²) in [5, 5.41) is 4.13. The van der Waals surface area contributed by atoms with E-state index in [4.69, 9.17) is 0 Å². The molecule has 0 aromatic heterocycles. The summed E-state index contributed by atoms with van der Waals surface area (Å²) in [6.45, 7) is 1.75. The van der Waals surface area contributed by atoms with Crippen LogP contribution in [0, 0.1) is 5.92 Å². The van der Waals surface area contributed by atoms with Gasteiger partial charge in [0.2, 0.25) is 0 Å². The van der Waals surface area contributed by atoms with Crippen molar-refractivity contribution in [1.29, 1.82) is 0 Å². The average Bonchev–Trinajstić information content (AvgIpc) is 2.61. The summed E-state index contributed by atoms with van der Waals surface area (Å²) in [6.07, 6.45) is -2.87. The third kappa shape index (κ3) is 4.25. The molecular formula is C20H20F3N2O-. The molecule has 0 aliphatic carbocycles. The Hall–Kier alpha value is -2.34. The molecule has 0 unspecified atom stereocenters. The van der Waals surface area contributed by atoms with Crippen molar-refractivity contribution in [1.82, 2.24) is 4.90 Å². The lowest BCUT2D eigenvalue weighted by Crippen LogP contribution is -2.33. The highest BCUT2D eigenvalue weighted by atomic mass is 19.4. The Morgan fingerprint density at radius 3 is 2.46 bits per heavy atom. The summed E-state index contributed by atoms with van der Waals surface area (Å²) in [7, 11) is 2.03. The van der Waals surface area contributed by atoms with Gasteiger partial charge in [0.1, 0.15) is 0 Å². The van der Waals surface area contributed by atoms with E-state index < -0.39 is 11.7 Å². The number of likely N-dealkylation sites (tertiary alicyclic amines) is 1. The van der Waals surface area contributed by atoms with E-state index in [0.717, 1.165) is 32.0 Å². The third-order valence-corrected chi connectivity index (χ3v) is 4.68. The molecule has 1 aliphatic heterocycles. The van der Waals surface area contributed by atoms with E-state index in [1.165, 1.54) is 18.2 Å². The number of piperidine rings is 1. The molecule has 138 valence electrons. The highest BCUT2D eigenvalue weighted by molar-refractivity contribution is 5.99. The number of Topliss-reactive ketones (excluding diaryl/α,β-unsaturated/α-hetero) is 1. The molecule has 1 fully saturated rings. The van der Waals surface area contributed by atoms with Crippen molar-refractivity contribution in [2.75, 3.05) is 20.1 Å². The fourth-order valence-corrected chi connectivity index (χ4v) is 3.19. The van der Waals surface area contributed by atoms with E-state index in [9.17, 15) is 18.0 Å². The summed E-state index contributed by atoms with van der Waals surface area (Å²) in [4.78, 5) is 14.9. The molecule has 0 N–H and O–H groups in total. The van der Waals surface area contributed by atoms with Gasteiger partial charge >= 0.3 is 6.18 Å². The first kappa shape index (κ1) is 18.5. The Morgan fingerprint density at radius 1 is 1.08 bits per heavy atom. The van der Waals surface area contributed by atoms with Crippen molar-refractivity contribution in [3.8, 4) is 0 Å². The first-order chi connectivity index (χ1) is 12.3. The number of hydrogen-bond acceptors (Lipinski definition) is 2. The minimum atomic E-state index is -4.47. The zero-order chi connectivity index (χ0) is 18.7. The van der Waals surface area contributed by atoms with Crippen molar-refractivity contribution in [3.63, 3.8) is 0 Å². The summed E-state index contributed by atoms with van der Waals surface area (Å²) < 4.78 is 39.3. The smallest absolute Gasteiger partial charge is 0.415 e. The SMILES string of the molecule is CN1CCC(C(=O)c2cccc([N-]c3ccccc3C(F)(F)F)c2)CC1. The molecule has 0 saturated carbocycles. The van der Waals surface area contributed by atoms with Crippen LogP contribution in [0.5, 0.6) is 0 Å². The van der Waals surface area contributed by atoms with Crippen molar-refractivity contribution in [3.05, 3.63) is 65.0 Å². The zero-order valence-corrected chi connectivity index (χ0v) is 14.5. The van der Waals surface area contributed by atoms with Crippen LogP contribution in [0.15, 0.2) is 48.5 Å².